The number of likely N-dealkylation sites (N-methyl/N-ethyl adjacent to an activating group) is 1. The van der Waals surface area contributed by atoms with Crippen LogP contribution >= 0.6 is 0 Å². The molecule has 112 valence electrons. The standard InChI is InChI=1S/C17H29N3/c1-4-9-19-10-12-20(13-11-19)14-17(18-3)16-7-5-15(2)6-8-16/h5-8,17-18H,4,9-14H2,1-3H3. The molecule has 1 atom stereocenters. The molecule has 3 heteroatoms. The van der Waals surface area contributed by atoms with E-state index in [1.165, 1.54) is 50.3 Å². The molecule has 0 aliphatic carbocycles. The van der Waals surface area contributed by atoms with E-state index in [1.807, 2.05) is 0 Å². The summed E-state index contributed by atoms with van der Waals surface area (Å²) in [5, 5.41) is 3.47. The van der Waals surface area contributed by atoms with Gasteiger partial charge in [-0.2, -0.15) is 0 Å². The third kappa shape index (κ3) is 4.30. The zero-order chi connectivity index (χ0) is 14.4. The fourth-order valence-electron chi connectivity index (χ4n) is 2.93. The van der Waals surface area contributed by atoms with Gasteiger partial charge in [0.15, 0.2) is 0 Å². The summed E-state index contributed by atoms with van der Waals surface area (Å²) in [5.74, 6) is 0. The molecular weight excluding hydrogens is 246 g/mol. The van der Waals surface area contributed by atoms with Crippen LogP contribution in [0.3, 0.4) is 0 Å². The topological polar surface area (TPSA) is 18.5 Å². The molecule has 20 heavy (non-hydrogen) atoms. The van der Waals surface area contributed by atoms with Gasteiger partial charge in [0.1, 0.15) is 0 Å². The minimum atomic E-state index is 0.438. The van der Waals surface area contributed by atoms with E-state index in [4.69, 9.17) is 0 Å². The first-order valence-corrected chi connectivity index (χ1v) is 7.91. The van der Waals surface area contributed by atoms with Gasteiger partial charge >= 0.3 is 0 Å². The Balaban J connectivity index is 1.86. The third-order valence-electron chi connectivity index (χ3n) is 4.27. The van der Waals surface area contributed by atoms with Crippen LogP contribution in [0.2, 0.25) is 0 Å². The number of hydrogen-bond acceptors (Lipinski definition) is 3. The molecule has 3 nitrogen and oxygen atoms in total. The first-order valence-electron chi connectivity index (χ1n) is 7.91. The highest BCUT2D eigenvalue weighted by Crippen LogP contribution is 2.16. The van der Waals surface area contributed by atoms with Gasteiger partial charge in [-0.1, -0.05) is 36.8 Å². The molecule has 1 N–H and O–H groups in total. The highest BCUT2D eigenvalue weighted by Gasteiger charge is 2.19. The van der Waals surface area contributed by atoms with E-state index in [9.17, 15) is 0 Å². The SMILES string of the molecule is CCCN1CCN(CC(NC)c2ccc(C)cc2)CC1. The van der Waals surface area contributed by atoms with Crippen LogP contribution in [0, 0.1) is 6.92 Å². The Labute approximate surface area is 124 Å². The molecule has 1 aromatic rings. The number of hydrogen-bond donors (Lipinski definition) is 1. The average Bonchev–Trinajstić information content (AvgIpc) is 2.48. The van der Waals surface area contributed by atoms with Crippen molar-refractivity contribution in [1.29, 1.82) is 0 Å². The van der Waals surface area contributed by atoms with Gasteiger partial charge in [-0.3, -0.25) is 4.90 Å². The van der Waals surface area contributed by atoms with Crippen LogP contribution < -0.4 is 5.32 Å². The predicted octanol–water partition coefficient (Wildman–Crippen LogP) is 2.28. The van der Waals surface area contributed by atoms with Gasteiger partial charge in [0, 0.05) is 38.8 Å². The van der Waals surface area contributed by atoms with Gasteiger partial charge in [0.25, 0.3) is 0 Å². The van der Waals surface area contributed by atoms with E-state index in [1.54, 1.807) is 0 Å². The van der Waals surface area contributed by atoms with E-state index >= 15 is 0 Å². The zero-order valence-corrected chi connectivity index (χ0v) is 13.2. The molecule has 1 aliphatic heterocycles. The van der Waals surface area contributed by atoms with Crippen molar-refractivity contribution in [1.82, 2.24) is 15.1 Å². The maximum atomic E-state index is 3.47. The van der Waals surface area contributed by atoms with Crippen LogP contribution in [0.1, 0.15) is 30.5 Å². The lowest BCUT2D eigenvalue weighted by atomic mass is 10.0. The largest absolute Gasteiger partial charge is 0.312 e. The lowest BCUT2D eigenvalue weighted by molar-refractivity contribution is 0.124. The Kier molecular flexibility index (Phi) is 6.02. The molecule has 1 aromatic carbocycles. The van der Waals surface area contributed by atoms with Gasteiger partial charge in [0.05, 0.1) is 0 Å². The van der Waals surface area contributed by atoms with Crippen LogP contribution in [0.25, 0.3) is 0 Å². The van der Waals surface area contributed by atoms with E-state index in [-0.39, 0.29) is 0 Å². The number of benzene rings is 1. The molecule has 0 amide bonds. The van der Waals surface area contributed by atoms with Gasteiger partial charge in [-0.05, 0) is 32.5 Å². The molecule has 0 aromatic heterocycles. The molecular formula is C17H29N3. The predicted molar refractivity (Wildman–Crippen MR) is 86.2 cm³/mol. The zero-order valence-electron chi connectivity index (χ0n) is 13.2. The van der Waals surface area contributed by atoms with Gasteiger partial charge in [-0.15, -0.1) is 0 Å². The van der Waals surface area contributed by atoms with Crippen LogP contribution in [-0.4, -0.2) is 56.1 Å². The molecule has 1 fully saturated rings. The van der Waals surface area contributed by atoms with Crippen molar-refractivity contribution in [2.24, 2.45) is 0 Å². The summed E-state index contributed by atoms with van der Waals surface area (Å²) in [6.07, 6.45) is 1.27. The van der Waals surface area contributed by atoms with Crippen LogP contribution in [0.4, 0.5) is 0 Å². The summed E-state index contributed by atoms with van der Waals surface area (Å²) in [6.45, 7) is 11.6. The fourth-order valence-corrected chi connectivity index (χ4v) is 2.93. The van der Waals surface area contributed by atoms with Crippen LogP contribution in [0.5, 0.6) is 0 Å². The molecule has 1 unspecified atom stereocenters. The molecule has 0 spiro atoms. The summed E-state index contributed by atoms with van der Waals surface area (Å²) in [5.41, 5.74) is 2.73. The summed E-state index contributed by atoms with van der Waals surface area (Å²) >= 11 is 0. The minimum Gasteiger partial charge on any atom is -0.312 e. The van der Waals surface area contributed by atoms with Crippen molar-refractivity contribution in [2.45, 2.75) is 26.3 Å². The first-order chi connectivity index (χ1) is 9.72. The van der Waals surface area contributed by atoms with Gasteiger partial charge in [0.2, 0.25) is 0 Å². The maximum absolute atomic E-state index is 3.47. The Bertz CT molecular complexity index is 380. The lowest BCUT2D eigenvalue weighted by Gasteiger charge is -2.36. The van der Waals surface area contributed by atoms with E-state index in [0.717, 1.165) is 6.54 Å². The molecule has 0 saturated carbocycles. The quantitative estimate of drug-likeness (QED) is 0.859. The van der Waals surface area contributed by atoms with Crippen molar-refractivity contribution in [3.63, 3.8) is 0 Å². The molecule has 1 aliphatic rings. The second-order valence-electron chi connectivity index (χ2n) is 5.89. The molecule has 1 saturated heterocycles. The van der Waals surface area contributed by atoms with Crippen molar-refractivity contribution in [3.8, 4) is 0 Å². The second kappa shape index (κ2) is 7.77. The first kappa shape index (κ1) is 15.5. The van der Waals surface area contributed by atoms with E-state index < -0.39 is 0 Å². The summed E-state index contributed by atoms with van der Waals surface area (Å²) in [4.78, 5) is 5.17. The average molecular weight is 275 g/mol. The minimum absolute atomic E-state index is 0.438. The number of nitrogens with one attached hydrogen (secondary N) is 1. The monoisotopic (exact) mass is 275 g/mol. The Hall–Kier alpha value is -0.900. The summed E-state index contributed by atoms with van der Waals surface area (Å²) in [6, 6.07) is 9.36. The van der Waals surface area contributed by atoms with Crippen LogP contribution in [-0.2, 0) is 0 Å². The maximum Gasteiger partial charge on any atom is 0.0446 e. The van der Waals surface area contributed by atoms with Gasteiger partial charge in [-0.25, -0.2) is 0 Å². The number of nitrogens with zero attached hydrogens (tertiary/aromatic N) is 2. The smallest absolute Gasteiger partial charge is 0.0446 e. The van der Waals surface area contributed by atoms with Crippen molar-refractivity contribution in [2.75, 3.05) is 46.3 Å². The lowest BCUT2D eigenvalue weighted by Crippen LogP contribution is -2.48. The summed E-state index contributed by atoms with van der Waals surface area (Å²) in [7, 11) is 2.07. The van der Waals surface area contributed by atoms with Crippen molar-refractivity contribution in [3.05, 3.63) is 35.4 Å². The normalized spacial score (nSPS) is 19.1. The Morgan fingerprint density at radius 1 is 1.05 bits per heavy atom. The van der Waals surface area contributed by atoms with Crippen molar-refractivity contribution < 1.29 is 0 Å². The Morgan fingerprint density at radius 2 is 1.65 bits per heavy atom. The molecule has 2 rings (SSSR count). The van der Waals surface area contributed by atoms with Gasteiger partial charge < -0.3 is 10.2 Å². The van der Waals surface area contributed by atoms with Crippen molar-refractivity contribution >= 4 is 0 Å². The highest BCUT2D eigenvalue weighted by atomic mass is 15.3. The second-order valence-corrected chi connectivity index (χ2v) is 5.89. The molecule has 1 heterocycles. The van der Waals surface area contributed by atoms with E-state index in [0.29, 0.717) is 6.04 Å². The van der Waals surface area contributed by atoms with E-state index in [2.05, 4.69) is 60.3 Å². The third-order valence-corrected chi connectivity index (χ3v) is 4.27. The number of aryl methyl sites for hydroxylation is 1. The van der Waals surface area contributed by atoms with Crippen LogP contribution in [0.15, 0.2) is 24.3 Å². The summed E-state index contributed by atoms with van der Waals surface area (Å²) < 4.78 is 0. The highest BCUT2D eigenvalue weighted by molar-refractivity contribution is 5.24. The Morgan fingerprint density at radius 3 is 2.20 bits per heavy atom. The number of rotatable bonds is 6. The number of piperazine rings is 1. The fraction of sp³-hybridized carbons (Fsp3) is 0.647. The molecule has 0 radical (unpaired) electrons. The molecule has 0 bridgehead atoms.